The molecular formula is C10H10ClN3. The van der Waals surface area contributed by atoms with Gasteiger partial charge in [0.2, 0.25) is 0 Å². The van der Waals surface area contributed by atoms with Gasteiger partial charge in [0.05, 0.1) is 16.6 Å². The van der Waals surface area contributed by atoms with Gasteiger partial charge < -0.3 is 16.1 Å². The van der Waals surface area contributed by atoms with E-state index in [1.807, 2.05) is 18.2 Å². The molecule has 0 aliphatic heterocycles. The molecule has 0 aliphatic carbocycles. The molecule has 0 saturated carbocycles. The number of nitrogens with two attached hydrogens (primary N) is 1. The standard InChI is InChI=1S/C10H10ClN3/c11-8-3-1-2-6-7(9(13)4-12)5-14-10(6)8/h1-5,9,12,14H,13H2. The molecule has 0 spiro atoms. The molecule has 1 aromatic carbocycles. The van der Waals surface area contributed by atoms with Gasteiger partial charge in [-0.15, -0.1) is 0 Å². The van der Waals surface area contributed by atoms with E-state index in [2.05, 4.69) is 4.98 Å². The molecule has 2 rings (SSSR count). The summed E-state index contributed by atoms with van der Waals surface area (Å²) in [5.74, 6) is 0. The Morgan fingerprint density at radius 2 is 2.29 bits per heavy atom. The summed E-state index contributed by atoms with van der Waals surface area (Å²) in [5.41, 5.74) is 7.53. The minimum absolute atomic E-state index is 0.373. The summed E-state index contributed by atoms with van der Waals surface area (Å²) < 4.78 is 0. The zero-order valence-corrected chi connectivity index (χ0v) is 8.18. The summed E-state index contributed by atoms with van der Waals surface area (Å²) in [4.78, 5) is 3.06. The molecule has 1 aromatic heterocycles. The molecule has 14 heavy (non-hydrogen) atoms. The molecule has 1 atom stereocenters. The fraction of sp³-hybridized carbons (Fsp3) is 0.100. The van der Waals surface area contributed by atoms with E-state index in [4.69, 9.17) is 22.7 Å². The van der Waals surface area contributed by atoms with Crippen molar-refractivity contribution in [3.8, 4) is 0 Å². The van der Waals surface area contributed by atoms with E-state index in [0.29, 0.717) is 5.02 Å². The highest BCUT2D eigenvalue weighted by molar-refractivity contribution is 6.35. The number of benzene rings is 1. The van der Waals surface area contributed by atoms with Crippen LogP contribution in [0.4, 0.5) is 0 Å². The van der Waals surface area contributed by atoms with Crippen LogP contribution in [0, 0.1) is 5.41 Å². The van der Waals surface area contributed by atoms with Gasteiger partial charge in [-0.3, -0.25) is 0 Å². The van der Waals surface area contributed by atoms with Crippen molar-refractivity contribution in [2.45, 2.75) is 6.04 Å². The number of halogens is 1. The minimum atomic E-state index is -0.373. The largest absolute Gasteiger partial charge is 0.360 e. The monoisotopic (exact) mass is 207 g/mol. The van der Waals surface area contributed by atoms with Crippen LogP contribution in [-0.2, 0) is 0 Å². The van der Waals surface area contributed by atoms with Crippen molar-refractivity contribution in [3.63, 3.8) is 0 Å². The second-order valence-corrected chi connectivity index (χ2v) is 3.51. The lowest BCUT2D eigenvalue weighted by molar-refractivity contribution is 0.986. The Balaban J connectivity index is 2.69. The molecule has 3 nitrogen and oxygen atoms in total. The molecule has 0 aliphatic rings. The van der Waals surface area contributed by atoms with Crippen LogP contribution < -0.4 is 5.73 Å². The first kappa shape index (κ1) is 9.24. The number of fused-ring (bicyclic) bond motifs is 1. The molecule has 1 heterocycles. The van der Waals surface area contributed by atoms with Gasteiger partial charge in [0.15, 0.2) is 0 Å². The van der Waals surface area contributed by atoms with Gasteiger partial charge in [-0.25, -0.2) is 0 Å². The Morgan fingerprint density at radius 1 is 1.50 bits per heavy atom. The second-order valence-electron chi connectivity index (χ2n) is 3.10. The number of hydrogen-bond acceptors (Lipinski definition) is 2. The van der Waals surface area contributed by atoms with Gasteiger partial charge in [-0.1, -0.05) is 23.7 Å². The predicted octanol–water partition coefficient (Wildman–Crippen LogP) is 2.47. The van der Waals surface area contributed by atoms with Crippen LogP contribution in [-0.4, -0.2) is 11.2 Å². The van der Waals surface area contributed by atoms with Crippen molar-refractivity contribution in [1.82, 2.24) is 4.98 Å². The number of nitrogens with one attached hydrogen (secondary N) is 2. The highest BCUT2D eigenvalue weighted by Crippen LogP contribution is 2.27. The van der Waals surface area contributed by atoms with Crippen molar-refractivity contribution < 1.29 is 0 Å². The van der Waals surface area contributed by atoms with Gasteiger partial charge in [-0.2, -0.15) is 0 Å². The van der Waals surface area contributed by atoms with Crippen molar-refractivity contribution >= 4 is 28.7 Å². The third-order valence-electron chi connectivity index (χ3n) is 2.24. The quantitative estimate of drug-likeness (QED) is 0.651. The van der Waals surface area contributed by atoms with Gasteiger partial charge >= 0.3 is 0 Å². The van der Waals surface area contributed by atoms with Gasteiger partial charge in [0.1, 0.15) is 0 Å². The highest BCUT2D eigenvalue weighted by atomic mass is 35.5. The molecule has 72 valence electrons. The van der Waals surface area contributed by atoms with E-state index in [1.165, 1.54) is 6.21 Å². The van der Waals surface area contributed by atoms with Crippen LogP contribution in [0.15, 0.2) is 24.4 Å². The average molecular weight is 208 g/mol. The maximum atomic E-state index is 7.12. The molecule has 0 bridgehead atoms. The lowest BCUT2D eigenvalue weighted by Crippen LogP contribution is -2.09. The smallest absolute Gasteiger partial charge is 0.0669 e. The molecule has 0 fully saturated rings. The normalized spacial score (nSPS) is 13.0. The number of hydrogen-bond donors (Lipinski definition) is 3. The van der Waals surface area contributed by atoms with Gasteiger partial charge in [0.25, 0.3) is 0 Å². The maximum absolute atomic E-state index is 7.12. The molecule has 0 radical (unpaired) electrons. The number of rotatable bonds is 2. The van der Waals surface area contributed by atoms with Gasteiger partial charge in [0, 0.05) is 17.8 Å². The number of aromatic nitrogens is 1. The Labute approximate surface area is 86.4 Å². The van der Waals surface area contributed by atoms with E-state index < -0.39 is 0 Å². The zero-order chi connectivity index (χ0) is 10.1. The molecule has 1 unspecified atom stereocenters. The Morgan fingerprint density at radius 3 is 3.00 bits per heavy atom. The topological polar surface area (TPSA) is 65.7 Å². The number of aromatic amines is 1. The maximum Gasteiger partial charge on any atom is 0.0669 e. The summed E-state index contributed by atoms with van der Waals surface area (Å²) in [6.07, 6.45) is 3.01. The minimum Gasteiger partial charge on any atom is -0.360 e. The molecule has 2 aromatic rings. The zero-order valence-electron chi connectivity index (χ0n) is 7.42. The average Bonchev–Trinajstić information content (AvgIpc) is 2.62. The Bertz CT molecular complexity index is 475. The predicted molar refractivity (Wildman–Crippen MR) is 59.0 cm³/mol. The van der Waals surface area contributed by atoms with Crippen LogP contribution >= 0.6 is 11.6 Å². The third-order valence-corrected chi connectivity index (χ3v) is 2.55. The second kappa shape index (κ2) is 3.44. The molecule has 4 N–H and O–H groups in total. The van der Waals surface area contributed by atoms with E-state index in [9.17, 15) is 0 Å². The lowest BCUT2D eigenvalue weighted by atomic mass is 10.1. The van der Waals surface area contributed by atoms with Crippen LogP contribution in [0.25, 0.3) is 10.9 Å². The van der Waals surface area contributed by atoms with E-state index >= 15 is 0 Å². The fourth-order valence-electron chi connectivity index (χ4n) is 1.50. The Hall–Kier alpha value is -1.32. The SMILES string of the molecule is N=CC(N)c1c[nH]c2c(Cl)cccc12. The summed E-state index contributed by atoms with van der Waals surface area (Å²) in [5, 5.41) is 8.77. The van der Waals surface area contributed by atoms with Crippen molar-refractivity contribution in [3.05, 3.63) is 35.0 Å². The molecule has 0 amide bonds. The van der Waals surface area contributed by atoms with E-state index in [-0.39, 0.29) is 6.04 Å². The summed E-state index contributed by atoms with van der Waals surface area (Å²) in [6.45, 7) is 0. The first-order chi connectivity index (χ1) is 6.74. The molecule has 4 heteroatoms. The molecule has 0 saturated heterocycles. The van der Waals surface area contributed by atoms with E-state index in [0.717, 1.165) is 16.5 Å². The Kier molecular flexibility index (Phi) is 2.27. The highest BCUT2D eigenvalue weighted by Gasteiger charge is 2.10. The summed E-state index contributed by atoms with van der Waals surface area (Å²) >= 11 is 5.99. The summed E-state index contributed by atoms with van der Waals surface area (Å²) in [7, 11) is 0. The summed E-state index contributed by atoms with van der Waals surface area (Å²) in [6, 6.07) is 5.26. The first-order valence-electron chi connectivity index (χ1n) is 4.25. The van der Waals surface area contributed by atoms with E-state index in [1.54, 1.807) is 6.20 Å². The van der Waals surface area contributed by atoms with Crippen LogP contribution in [0.1, 0.15) is 11.6 Å². The van der Waals surface area contributed by atoms with Crippen molar-refractivity contribution in [2.75, 3.05) is 0 Å². The van der Waals surface area contributed by atoms with Gasteiger partial charge in [-0.05, 0) is 11.6 Å². The van der Waals surface area contributed by atoms with Crippen molar-refractivity contribution in [2.24, 2.45) is 5.73 Å². The van der Waals surface area contributed by atoms with Crippen LogP contribution in [0.5, 0.6) is 0 Å². The lowest BCUT2D eigenvalue weighted by Gasteiger charge is -2.02. The first-order valence-corrected chi connectivity index (χ1v) is 4.63. The fourth-order valence-corrected chi connectivity index (χ4v) is 1.73. The van der Waals surface area contributed by atoms with Crippen molar-refractivity contribution in [1.29, 1.82) is 5.41 Å². The number of H-pyrrole nitrogens is 1. The van der Waals surface area contributed by atoms with Crippen LogP contribution in [0.3, 0.4) is 0 Å². The molecular weight excluding hydrogens is 198 g/mol. The number of para-hydroxylation sites is 1. The third kappa shape index (κ3) is 1.31. The van der Waals surface area contributed by atoms with Crippen LogP contribution in [0.2, 0.25) is 5.02 Å².